The largest absolute Gasteiger partial charge is 0.353 e. The van der Waals surface area contributed by atoms with Crippen LogP contribution in [0, 0.1) is 0 Å². The number of thioether (sulfide) groups is 1. The highest BCUT2D eigenvalue weighted by Crippen LogP contribution is 2.29. The summed E-state index contributed by atoms with van der Waals surface area (Å²) in [5.41, 5.74) is 0. The average molecular weight is 283 g/mol. The monoisotopic (exact) mass is 283 g/mol. The van der Waals surface area contributed by atoms with Crippen molar-refractivity contribution in [3.63, 3.8) is 0 Å². The first-order valence-corrected chi connectivity index (χ1v) is 7.85. The van der Waals surface area contributed by atoms with Gasteiger partial charge in [-0.2, -0.15) is 0 Å². The van der Waals surface area contributed by atoms with Crippen molar-refractivity contribution in [2.75, 3.05) is 5.75 Å². The average Bonchev–Trinajstić information content (AvgIpc) is 2.85. The number of rotatable bonds is 5. The van der Waals surface area contributed by atoms with Crippen LogP contribution in [0.1, 0.15) is 52.0 Å². The molecule has 0 atom stereocenters. The van der Waals surface area contributed by atoms with Gasteiger partial charge in [0.15, 0.2) is 0 Å². The number of nitrogens with one attached hydrogen (secondary N) is 1. The van der Waals surface area contributed by atoms with Crippen LogP contribution >= 0.6 is 11.8 Å². The van der Waals surface area contributed by atoms with Gasteiger partial charge in [0, 0.05) is 6.04 Å². The predicted octanol–water partition coefficient (Wildman–Crippen LogP) is 1.79. The van der Waals surface area contributed by atoms with E-state index in [9.17, 15) is 4.79 Å². The van der Waals surface area contributed by atoms with E-state index in [1.165, 1.54) is 31.0 Å². The van der Waals surface area contributed by atoms with Crippen LogP contribution in [0.5, 0.6) is 0 Å². The van der Waals surface area contributed by atoms with Gasteiger partial charge in [-0.3, -0.25) is 4.79 Å². The zero-order valence-electron chi connectivity index (χ0n) is 11.5. The van der Waals surface area contributed by atoms with Crippen LogP contribution < -0.4 is 5.32 Å². The zero-order valence-corrected chi connectivity index (χ0v) is 12.3. The van der Waals surface area contributed by atoms with E-state index in [1.807, 2.05) is 18.5 Å². The molecule has 1 aromatic heterocycles. The van der Waals surface area contributed by atoms with Crippen LogP contribution in [-0.4, -0.2) is 37.9 Å². The number of hydrogen-bond acceptors (Lipinski definition) is 5. The van der Waals surface area contributed by atoms with Gasteiger partial charge in [-0.1, -0.05) is 31.0 Å². The van der Waals surface area contributed by atoms with Gasteiger partial charge in [0.05, 0.1) is 11.8 Å². The smallest absolute Gasteiger partial charge is 0.230 e. The highest BCUT2D eigenvalue weighted by atomic mass is 32.2. The second kappa shape index (κ2) is 6.88. The van der Waals surface area contributed by atoms with E-state index in [-0.39, 0.29) is 11.9 Å². The van der Waals surface area contributed by atoms with Crippen molar-refractivity contribution in [1.29, 1.82) is 0 Å². The topological polar surface area (TPSA) is 72.7 Å². The molecule has 0 radical (unpaired) electrons. The maximum Gasteiger partial charge on any atom is 0.230 e. The molecule has 0 saturated heterocycles. The number of carbonyl (C=O) groups is 1. The third kappa shape index (κ3) is 4.19. The fraction of sp³-hybridized carbons (Fsp3) is 0.833. The molecule has 1 aliphatic carbocycles. The molecule has 1 aliphatic rings. The summed E-state index contributed by atoms with van der Waals surface area (Å²) in [5, 5.41) is 15.5. The lowest BCUT2D eigenvalue weighted by Crippen LogP contribution is -2.31. The number of tetrazole rings is 1. The van der Waals surface area contributed by atoms with Crippen molar-refractivity contribution in [3.05, 3.63) is 0 Å². The van der Waals surface area contributed by atoms with Gasteiger partial charge in [0.25, 0.3) is 0 Å². The molecule has 1 aromatic rings. The van der Waals surface area contributed by atoms with Crippen molar-refractivity contribution >= 4 is 17.7 Å². The van der Waals surface area contributed by atoms with Crippen LogP contribution in [0.2, 0.25) is 0 Å². The molecule has 2 rings (SSSR count). The summed E-state index contributed by atoms with van der Waals surface area (Å²) in [4.78, 5) is 11.6. The molecule has 106 valence electrons. The molecule has 1 amide bonds. The number of amides is 1. The van der Waals surface area contributed by atoms with E-state index in [0.29, 0.717) is 11.8 Å². The Bertz CT molecular complexity index is 414. The normalized spacial score (nSPS) is 16.8. The minimum absolute atomic E-state index is 0.0261. The molecule has 0 bridgehead atoms. The summed E-state index contributed by atoms with van der Waals surface area (Å²) >= 11 is 1.41. The molecule has 1 heterocycles. The van der Waals surface area contributed by atoms with Gasteiger partial charge in [-0.25, -0.2) is 4.68 Å². The van der Waals surface area contributed by atoms with Gasteiger partial charge in [0.1, 0.15) is 0 Å². The first-order chi connectivity index (χ1) is 9.16. The second-order valence-corrected chi connectivity index (χ2v) is 6.15. The van der Waals surface area contributed by atoms with E-state index in [4.69, 9.17) is 0 Å². The van der Waals surface area contributed by atoms with Crippen LogP contribution in [-0.2, 0) is 4.79 Å². The molecule has 1 saturated carbocycles. The van der Waals surface area contributed by atoms with Crippen LogP contribution in [0.15, 0.2) is 5.16 Å². The van der Waals surface area contributed by atoms with Gasteiger partial charge in [-0.15, -0.1) is 5.10 Å². The minimum Gasteiger partial charge on any atom is -0.353 e. The highest BCUT2D eigenvalue weighted by Gasteiger charge is 2.20. The maximum atomic E-state index is 11.6. The summed E-state index contributed by atoms with van der Waals surface area (Å²) in [5.74, 6) is 0.392. The molecule has 0 spiro atoms. The minimum atomic E-state index is 0.0261. The van der Waals surface area contributed by atoms with Gasteiger partial charge >= 0.3 is 0 Å². The Morgan fingerprint density at radius 3 is 2.84 bits per heavy atom. The number of carbonyl (C=O) groups excluding carboxylic acids is 1. The van der Waals surface area contributed by atoms with E-state index in [2.05, 4.69) is 20.8 Å². The number of aromatic nitrogens is 4. The third-order valence-corrected chi connectivity index (χ3v) is 4.10. The number of hydrogen-bond donors (Lipinski definition) is 1. The number of nitrogens with zero attached hydrogens (tertiary/aromatic N) is 4. The Labute approximate surface area is 117 Å². The lowest BCUT2D eigenvalue weighted by molar-refractivity contribution is -0.119. The second-order valence-electron chi connectivity index (χ2n) is 5.21. The quantitative estimate of drug-likeness (QED) is 0.834. The summed E-state index contributed by atoms with van der Waals surface area (Å²) in [6, 6.07) is 0.571. The highest BCUT2D eigenvalue weighted by molar-refractivity contribution is 7.99. The van der Waals surface area contributed by atoms with Crippen LogP contribution in [0.25, 0.3) is 0 Å². The van der Waals surface area contributed by atoms with Gasteiger partial charge in [0.2, 0.25) is 11.1 Å². The molecular weight excluding hydrogens is 262 g/mol. The standard InChI is InChI=1S/C12H21N5OS/c1-9(2)13-11(18)8-19-12-14-15-16-17(12)10-6-4-3-5-7-10/h9-10H,3-8H2,1-2H3,(H,13,18). The van der Waals surface area contributed by atoms with E-state index in [0.717, 1.165) is 18.0 Å². The van der Waals surface area contributed by atoms with Gasteiger partial charge < -0.3 is 5.32 Å². The summed E-state index contributed by atoms with van der Waals surface area (Å²) in [6.07, 6.45) is 6.05. The van der Waals surface area contributed by atoms with Crippen molar-refractivity contribution in [1.82, 2.24) is 25.5 Å². The van der Waals surface area contributed by atoms with Crippen molar-refractivity contribution in [2.24, 2.45) is 0 Å². The molecule has 7 heteroatoms. The van der Waals surface area contributed by atoms with Crippen LogP contribution in [0.4, 0.5) is 0 Å². The molecule has 0 aromatic carbocycles. The predicted molar refractivity (Wildman–Crippen MR) is 73.9 cm³/mol. The van der Waals surface area contributed by atoms with E-state index in [1.54, 1.807) is 0 Å². The fourth-order valence-corrected chi connectivity index (χ4v) is 3.08. The Morgan fingerprint density at radius 2 is 2.16 bits per heavy atom. The van der Waals surface area contributed by atoms with E-state index >= 15 is 0 Å². The Balaban J connectivity index is 1.90. The molecule has 1 N–H and O–H groups in total. The first kappa shape index (κ1) is 14.3. The first-order valence-electron chi connectivity index (χ1n) is 6.87. The van der Waals surface area contributed by atoms with E-state index < -0.39 is 0 Å². The molecular formula is C12H21N5OS. The van der Waals surface area contributed by atoms with Crippen molar-refractivity contribution < 1.29 is 4.79 Å². The van der Waals surface area contributed by atoms with Gasteiger partial charge in [-0.05, 0) is 37.1 Å². The SMILES string of the molecule is CC(C)NC(=O)CSc1nnnn1C1CCCCC1. The molecule has 19 heavy (non-hydrogen) atoms. The molecule has 0 aliphatic heterocycles. The molecule has 6 nitrogen and oxygen atoms in total. The summed E-state index contributed by atoms with van der Waals surface area (Å²) in [7, 11) is 0. The fourth-order valence-electron chi connectivity index (χ4n) is 2.33. The Morgan fingerprint density at radius 1 is 1.42 bits per heavy atom. The maximum absolute atomic E-state index is 11.6. The van der Waals surface area contributed by atoms with Crippen molar-refractivity contribution in [2.45, 2.75) is 63.2 Å². The summed E-state index contributed by atoms with van der Waals surface area (Å²) in [6.45, 7) is 3.91. The Kier molecular flexibility index (Phi) is 5.18. The Hall–Kier alpha value is -1.11. The molecule has 0 unspecified atom stereocenters. The lowest BCUT2D eigenvalue weighted by atomic mass is 9.96. The van der Waals surface area contributed by atoms with Crippen molar-refractivity contribution in [3.8, 4) is 0 Å². The summed E-state index contributed by atoms with van der Waals surface area (Å²) < 4.78 is 1.90. The molecule has 1 fully saturated rings. The zero-order chi connectivity index (χ0) is 13.7. The third-order valence-electron chi connectivity index (χ3n) is 3.17. The lowest BCUT2D eigenvalue weighted by Gasteiger charge is -2.21. The van der Waals surface area contributed by atoms with Crippen LogP contribution in [0.3, 0.4) is 0 Å².